The average molecular weight is 234 g/mol. The fourth-order valence-corrected chi connectivity index (χ4v) is 2.17. The second-order valence-electron chi connectivity index (χ2n) is 4.84. The van der Waals surface area contributed by atoms with E-state index in [2.05, 4.69) is 23.4 Å². The lowest BCUT2D eigenvalue weighted by Gasteiger charge is -2.35. The molecule has 5 heteroatoms. The van der Waals surface area contributed by atoms with Crippen LogP contribution in [-0.4, -0.2) is 28.5 Å². The van der Waals surface area contributed by atoms with E-state index in [-0.39, 0.29) is 5.54 Å². The molecule has 1 aromatic heterocycles. The molecule has 0 radical (unpaired) electrons. The van der Waals surface area contributed by atoms with Gasteiger partial charge in [0, 0.05) is 25.8 Å². The summed E-state index contributed by atoms with van der Waals surface area (Å²) in [7, 11) is 1.86. The second-order valence-corrected chi connectivity index (χ2v) is 4.84. The highest BCUT2D eigenvalue weighted by Gasteiger charge is 2.29. The molecule has 0 unspecified atom stereocenters. The first-order chi connectivity index (χ1) is 8.06. The predicted octanol–water partition coefficient (Wildman–Crippen LogP) is 1.58. The molecule has 1 N–H and O–H groups in total. The average Bonchev–Trinajstić information content (AvgIpc) is 2.54. The Morgan fingerprint density at radius 3 is 2.71 bits per heavy atom. The molecule has 0 aromatic carbocycles. The molecule has 1 saturated heterocycles. The second kappa shape index (κ2) is 4.38. The minimum Gasteiger partial charge on any atom is -0.381 e. The monoisotopic (exact) mass is 234 g/mol. The Kier molecular flexibility index (Phi) is 3.07. The lowest BCUT2D eigenvalue weighted by molar-refractivity contribution is 0.0656. The van der Waals surface area contributed by atoms with Gasteiger partial charge in [0.15, 0.2) is 0 Å². The van der Waals surface area contributed by atoms with Crippen LogP contribution in [0.2, 0.25) is 0 Å². The topological polar surface area (TPSA) is 62.9 Å². The van der Waals surface area contributed by atoms with E-state index in [4.69, 9.17) is 10.00 Å². The van der Waals surface area contributed by atoms with Crippen LogP contribution in [0.25, 0.3) is 0 Å². The molecule has 0 saturated carbocycles. The van der Waals surface area contributed by atoms with E-state index < -0.39 is 0 Å². The van der Waals surface area contributed by atoms with Gasteiger partial charge in [-0.3, -0.25) is 4.68 Å². The van der Waals surface area contributed by atoms with Gasteiger partial charge in [-0.25, -0.2) is 0 Å². The number of hydrogen-bond acceptors (Lipinski definition) is 4. The molecule has 1 aliphatic heterocycles. The van der Waals surface area contributed by atoms with Crippen molar-refractivity contribution in [1.82, 2.24) is 9.78 Å². The number of anilines is 1. The fraction of sp³-hybridized carbons (Fsp3) is 0.667. The van der Waals surface area contributed by atoms with E-state index in [1.807, 2.05) is 14.0 Å². The highest BCUT2D eigenvalue weighted by Crippen LogP contribution is 2.27. The van der Waals surface area contributed by atoms with E-state index in [9.17, 15) is 0 Å². The highest BCUT2D eigenvalue weighted by molar-refractivity contribution is 5.56. The minimum atomic E-state index is -0.00984. The van der Waals surface area contributed by atoms with Crippen molar-refractivity contribution in [2.75, 3.05) is 18.5 Å². The third-order valence-electron chi connectivity index (χ3n) is 3.35. The molecule has 0 atom stereocenters. The molecule has 5 nitrogen and oxygen atoms in total. The van der Waals surface area contributed by atoms with Crippen molar-refractivity contribution in [2.45, 2.75) is 32.2 Å². The molecule has 2 rings (SSSR count). The smallest absolute Gasteiger partial charge is 0.142 e. The Bertz CT molecular complexity index is 452. The fourth-order valence-electron chi connectivity index (χ4n) is 2.17. The maximum atomic E-state index is 9.16. The Labute approximate surface area is 101 Å². The molecule has 1 aliphatic rings. The van der Waals surface area contributed by atoms with E-state index in [1.165, 1.54) is 0 Å². The number of nitriles is 1. The van der Waals surface area contributed by atoms with Crippen molar-refractivity contribution >= 4 is 5.82 Å². The number of hydrogen-bond donors (Lipinski definition) is 1. The summed E-state index contributed by atoms with van der Waals surface area (Å²) in [6, 6.07) is 2.21. The zero-order valence-electron chi connectivity index (χ0n) is 10.6. The normalized spacial score (nSPS) is 18.7. The van der Waals surface area contributed by atoms with Crippen molar-refractivity contribution in [1.29, 1.82) is 5.26 Å². The van der Waals surface area contributed by atoms with Gasteiger partial charge in [0.1, 0.15) is 17.5 Å². The van der Waals surface area contributed by atoms with Crippen molar-refractivity contribution in [3.8, 4) is 6.07 Å². The summed E-state index contributed by atoms with van der Waals surface area (Å²) in [5.74, 6) is 0.814. The van der Waals surface area contributed by atoms with Crippen molar-refractivity contribution < 1.29 is 4.74 Å². The van der Waals surface area contributed by atoms with Crippen LogP contribution in [0.5, 0.6) is 0 Å². The van der Waals surface area contributed by atoms with E-state index in [0.717, 1.165) is 37.6 Å². The molecule has 1 fully saturated rings. The largest absolute Gasteiger partial charge is 0.381 e. The van der Waals surface area contributed by atoms with Crippen LogP contribution in [0.15, 0.2) is 0 Å². The molecule has 92 valence electrons. The summed E-state index contributed by atoms with van der Waals surface area (Å²) in [5.41, 5.74) is 1.40. The molecule has 0 aliphatic carbocycles. The first-order valence-corrected chi connectivity index (χ1v) is 5.85. The Morgan fingerprint density at radius 2 is 2.12 bits per heavy atom. The zero-order chi connectivity index (χ0) is 12.5. The highest BCUT2D eigenvalue weighted by atomic mass is 16.5. The lowest BCUT2D eigenvalue weighted by Crippen LogP contribution is -2.41. The van der Waals surface area contributed by atoms with Crippen molar-refractivity contribution in [3.63, 3.8) is 0 Å². The van der Waals surface area contributed by atoms with Crippen molar-refractivity contribution in [2.24, 2.45) is 7.05 Å². The Balaban J connectivity index is 2.26. The van der Waals surface area contributed by atoms with Crippen molar-refractivity contribution in [3.05, 3.63) is 11.3 Å². The van der Waals surface area contributed by atoms with Gasteiger partial charge in [0.2, 0.25) is 0 Å². The summed E-state index contributed by atoms with van der Waals surface area (Å²) < 4.78 is 7.11. The van der Waals surface area contributed by atoms with Gasteiger partial charge in [-0.1, -0.05) is 0 Å². The van der Waals surface area contributed by atoms with Gasteiger partial charge in [-0.2, -0.15) is 10.4 Å². The van der Waals surface area contributed by atoms with Crippen LogP contribution < -0.4 is 5.32 Å². The van der Waals surface area contributed by atoms with Crippen LogP contribution in [0.1, 0.15) is 31.0 Å². The summed E-state index contributed by atoms with van der Waals surface area (Å²) in [6.07, 6.45) is 1.89. The van der Waals surface area contributed by atoms with Crippen LogP contribution in [-0.2, 0) is 11.8 Å². The zero-order valence-corrected chi connectivity index (χ0v) is 10.6. The number of ether oxygens (including phenoxy) is 1. The van der Waals surface area contributed by atoms with Crippen LogP contribution >= 0.6 is 0 Å². The first kappa shape index (κ1) is 11.9. The summed E-state index contributed by atoms with van der Waals surface area (Å²) in [4.78, 5) is 0. The molecule has 17 heavy (non-hydrogen) atoms. The molecule has 0 bridgehead atoms. The van der Waals surface area contributed by atoms with Gasteiger partial charge < -0.3 is 10.1 Å². The number of aryl methyl sites for hydroxylation is 2. The van der Waals surface area contributed by atoms with Gasteiger partial charge in [0.05, 0.1) is 5.69 Å². The van der Waals surface area contributed by atoms with Crippen LogP contribution in [0, 0.1) is 18.3 Å². The minimum absolute atomic E-state index is 0.00984. The lowest BCUT2D eigenvalue weighted by atomic mass is 9.92. The van der Waals surface area contributed by atoms with Gasteiger partial charge in [0.25, 0.3) is 0 Å². The maximum Gasteiger partial charge on any atom is 0.142 e. The number of aromatic nitrogens is 2. The van der Waals surface area contributed by atoms with Crippen LogP contribution in [0.3, 0.4) is 0 Å². The maximum absolute atomic E-state index is 9.16. The summed E-state index contributed by atoms with van der Waals surface area (Å²) in [6.45, 7) is 5.56. The SMILES string of the molecule is Cc1nn(C)c(NC2(C)CCOCC2)c1C#N. The predicted molar refractivity (Wildman–Crippen MR) is 64.7 cm³/mol. The summed E-state index contributed by atoms with van der Waals surface area (Å²) in [5, 5.41) is 16.9. The van der Waals surface area contributed by atoms with E-state index >= 15 is 0 Å². The standard InChI is InChI=1S/C12H18N4O/c1-9-10(8-13)11(16(3)15-9)14-12(2)4-6-17-7-5-12/h14H,4-7H2,1-3H3. The third kappa shape index (κ3) is 2.27. The number of nitrogens with one attached hydrogen (secondary N) is 1. The van der Waals surface area contributed by atoms with Gasteiger partial charge in [-0.15, -0.1) is 0 Å². The molecule has 1 aromatic rings. The van der Waals surface area contributed by atoms with Gasteiger partial charge in [-0.05, 0) is 26.7 Å². The Morgan fingerprint density at radius 1 is 1.47 bits per heavy atom. The quantitative estimate of drug-likeness (QED) is 0.844. The van der Waals surface area contributed by atoms with Gasteiger partial charge >= 0.3 is 0 Å². The summed E-state index contributed by atoms with van der Waals surface area (Å²) >= 11 is 0. The first-order valence-electron chi connectivity index (χ1n) is 5.85. The number of rotatable bonds is 2. The third-order valence-corrected chi connectivity index (χ3v) is 3.35. The van der Waals surface area contributed by atoms with E-state index in [0.29, 0.717) is 5.56 Å². The molecule has 2 heterocycles. The molecular formula is C12H18N4O. The Hall–Kier alpha value is -1.54. The molecule has 0 spiro atoms. The molecular weight excluding hydrogens is 216 g/mol. The number of nitrogens with zero attached hydrogens (tertiary/aromatic N) is 3. The van der Waals surface area contributed by atoms with E-state index in [1.54, 1.807) is 4.68 Å². The van der Waals surface area contributed by atoms with Crippen LogP contribution in [0.4, 0.5) is 5.82 Å². The molecule has 0 amide bonds.